The van der Waals surface area contributed by atoms with Crippen LogP contribution in [0.2, 0.25) is 0 Å². The fourth-order valence-corrected chi connectivity index (χ4v) is 3.20. The molecule has 0 saturated carbocycles. The van der Waals surface area contributed by atoms with Gasteiger partial charge < -0.3 is 18.8 Å². The summed E-state index contributed by atoms with van der Waals surface area (Å²) in [5.41, 5.74) is 2.64. The minimum absolute atomic E-state index is 0.0265. The number of aromatic nitrogens is 4. The van der Waals surface area contributed by atoms with Crippen molar-refractivity contribution in [2.45, 2.75) is 13.8 Å². The first-order chi connectivity index (χ1) is 13.5. The van der Waals surface area contributed by atoms with E-state index in [0.717, 1.165) is 22.1 Å². The second kappa shape index (κ2) is 7.58. The summed E-state index contributed by atoms with van der Waals surface area (Å²) in [6.45, 7) is 6.50. The number of fused-ring (bicyclic) bond motifs is 1. The molecule has 0 amide bonds. The Morgan fingerprint density at radius 2 is 1.93 bits per heavy atom. The molecule has 1 aromatic carbocycles. The van der Waals surface area contributed by atoms with Crippen LogP contribution in [0, 0.1) is 5.41 Å². The Bertz CT molecular complexity index is 958. The van der Waals surface area contributed by atoms with Crippen molar-refractivity contribution in [2.75, 3.05) is 33.5 Å². The van der Waals surface area contributed by atoms with Gasteiger partial charge in [-0.25, -0.2) is 4.68 Å². The third-order valence-corrected chi connectivity index (χ3v) is 4.64. The molecule has 1 aliphatic rings. The largest absolute Gasteiger partial charge is 0.494 e. The van der Waals surface area contributed by atoms with Crippen molar-refractivity contribution in [1.82, 2.24) is 19.6 Å². The summed E-state index contributed by atoms with van der Waals surface area (Å²) < 4.78 is 26.3. The minimum Gasteiger partial charge on any atom is -0.473 e. The summed E-state index contributed by atoms with van der Waals surface area (Å²) in [5, 5.41) is 10.1. The molecule has 28 heavy (non-hydrogen) atoms. The zero-order valence-electron chi connectivity index (χ0n) is 16.7. The number of nitrogens with zero attached hydrogens (tertiary/aromatic N) is 4. The lowest BCUT2D eigenvalue weighted by Crippen LogP contribution is -2.47. The fraction of sp³-hybridized carbons (Fsp3) is 0.474. The molecule has 9 heteroatoms. The van der Waals surface area contributed by atoms with Crippen molar-refractivity contribution < 1.29 is 18.8 Å². The molecule has 148 valence electrons. The molecular formula is C19H25BN4O4. The Balaban J connectivity index is 1.66. The van der Waals surface area contributed by atoms with E-state index in [4.69, 9.17) is 23.9 Å². The monoisotopic (exact) mass is 384 g/mol. The summed E-state index contributed by atoms with van der Waals surface area (Å²) in [4.78, 5) is 0. The van der Waals surface area contributed by atoms with Crippen LogP contribution in [0.3, 0.4) is 0 Å². The van der Waals surface area contributed by atoms with Crippen molar-refractivity contribution in [3.05, 3.63) is 30.6 Å². The lowest BCUT2D eigenvalue weighted by molar-refractivity contribution is 0.0344. The van der Waals surface area contributed by atoms with Gasteiger partial charge >= 0.3 is 7.12 Å². The Hall–Kier alpha value is -2.36. The van der Waals surface area contributed by atoms with Gasteiger partial charge in [0.1, 0.15) is 12.3 Å². The molecule has 0 spiro atoms. The highest BCUT2D eigenvalue weighted by Gasteiger charge is 2.34. The number of ether oxygens (including phenoxy) is 2. The van der Waals surface area contributed by atoms with E-state index in [0.29, 0.717) is 32.3 Å². The van der Waals surface area contributed by atoms with Crippen LogP contribution < -0.4 is 10.2 Å². The lowest BCUT2D eigenvalue weighted by Gasteiger charge is -2.33. The van der Waals surface area contributed by atoms with Crippen LogP contribution in [-0.2, 0) is 21.1 Å². The SMILES string of the molecule is COCCOc1nn(C)cc1-n1cc2c(B3OCC(C)(C)CO3)cccc2n1. The molecule has 0 bridgehead atoms. The Morgan fingerprint density at radius 3 is 2.68 bits per heavy atom. The van der Waals surface area contributed by atoms with Crippen LogP contribution in [0.5, 0.6) is 5.88 Å². The maximum atomic E-state index is 5.98. The molecule has 0 unspecified atom stereocenters. The zero-order valence-corrected chi connectivity index (χ0v) is 16.7. The summed E-state index contributed by atoms with van der Waals surface area (Å²) in [7, 11) is 3.11. The summed E-state index contributed by atoms with van der Waals surface area (Å²) in [5.74, 6) is 0.515. The predicted octanol–water partition coefficient (Wildman–Crippen LogP) is 1.55. The fourth-order valence-electron chi connectivity index (χ4n) is 3.20. The van der Waals surface area contributed by atoms with Gasteiger partial charge in [-0.05, 0) is 11.5 Å². The number of benzene rings is 1. The van der Waals surface area contributed by atoms with Crippen LogP contribution in [0.1, 0.15) is 13.8 Å². The number of methoxy groups -OCH3 is 1. The van der Waals surface area contributed by atoms with Gasteiger partial charge in [-0.1, -0.05) is 26.0 Å². The molecule has 0 atom stereocenters. The average Bonchev–Trinajstić information content (AvgIpc) is 3.25. The van der Waals surface area contributed by atoms with Crippen LogP contribution in [0.15, 0.2) is 30.6 Å². The molecule has 0 aliphatic carbocycles. The first-order valence-corrected chi connectivity index (χ1v) is 9.34. The maximum Gasteiger partial charge on any atom is 0.494 e. The third-order valence-electron chi connectivity index (χ3n) is 4.64. The molecule has 4 rings (SSSR count). The highest BCUT2D eigenvalue weighted by Crippen LogP contribution is 2.25. The van der Waals surface area contributed by atoms with E-state index < -0.39 is 0 Å². The lowest BCUT2D eigenvalue weighted by atomic mass is 9.74. The molecule has 2 aromatic heterocycles. The number of hydrogen-bond donors (Lipinski definition) is 0. The molecule has 0 radical (unpaired) electrons. The van der Waals surface area contributed by atoms with E-state index in [1.165, 1.54) is 0 Å². The number of hydrogen-bond acceptors (Lipinski definition) is 6. The second-order valence-corrected chi connectivity index (χ2v) is 7.81. The predicted molar refractivity (Wildman–Crippen MR) is 106 cm³/mol. The van der Waals surface area contributed by atoms with Gasteiger partial charge in [0, 0.05) is 44.4 Å². The molecular weight excluding hydrogens is 359 g/mol. The van der Waals surface area contributed by atoms with E-state index in [1.807, 2.05) is 37.6 Å². The van der Waals surface area contributed by atoms with Crippen molar-refractivity contribution in [3.8, 4) is 11.6 Å². The van der Waals surface area contributed by atoms with Gasteiger partial charge in [-0.2, -0.15) is 5.10 Å². The van der Waals surface area contributed by atoms with Crippen LogP contribution in [0.25, 0.3) is 16.6 Å². The second-order valence-electron chi connectivity index (χ2n) is 7.81. The highest BCUT2D eigenvalue weighted by atomic mass is 16.6. The summed E-state index contributed by atoms with van der Waals surface area (Å²) in [6, 6.07) is 5.97. The molecule has 1 fully saturated rings. The molecule has 0 N–H and O–H groups in total. The normalized spacial score (nSPS) is 16.6. The quantitative estimate of drug-likeness (QED) is 0.475. The van der Waals surface area contributed by atoms with Crippen molar-refractivity contribution in [2.24, 2.45) is 12.5 Å². The smallest absolute Gasteiger partial charge is 0.473 e. The molecule has 3 heterocycles. The van der Waals surface area contributed by atoms with Crippen molar-refractivity contribution in [3.63, 3.8) is 0 Å². The molecule has 1 aliphatic heterocycles. The number of aryl methyl sites for hydroxylation is 1. The standard InChI is InChI=1S/C19H25BN4O4/c1-19(2)12-27-20(28-13-19)15-6-5-7-16-14(15)10-24(21-16)17-11-23(3)22-18(17)26-9-8-25-4/h5-7,10-11H,8-9,12-13H2,1-4H3. The van der Waals surface area contributed by atoms with Crippen molar-refractivity contribution in [1.29, 1.82) is 0 Å². The van der Waals surface area contributed by atoms with E-state index >= 15 is 0 Å². The summed E-state index contributed by atoms with van der Waals surface area (Å²) in [6.07, 6.45) is 3.85. The third kappa shape index (κ3) is 3.78. The van der Waals surface area contributed by atoms with E-state index in [1.54, 1.807) is 16.5 Å². The highest BCUT2D eigenvalue weighted by molar-refractivity contribution is 6.64. The van der Waals surface area contributed by atoms with Gasteiger partial charge in [0.25, 0.3) is 5.88 Å². The number of rotatable bonds is 6. The van der Waals surface area contributed by atoms with Crippen LogP contribution in [0.4, 0.5) is 0 Å². The van der Waals surface area contributed by atoms with E-state index in [2.05, 4.69) is 18.9 Å². The first kappa shape index (κ1) is 19.0. The minimum atomic E-state index is -0.388. The molecule has 8 nitrogen and oxygen atoms in total. The topological polar surface area (TPSA) is 72.6 Å². The Morgan fingerprint density at radius 1 is 1.14 bits per heavy atom. The Kier molecular flexibility index (Phi) is 5.14. The molecule has 3 aromatic rings. The average molecular weight is 384 g/mol. The van der Waals surface area contributed by atoms with Gasteiger partial charge in [0.15, 0.2) is 0 Å². The summed E-state index contributed by atoms with van der Waals surface area (Å²) >= 11 is 0. The van der Waals surface area contributed by atoms with Gasteiger partial charge in [0.05, 0.1) is 18.3 Å². The first-order valence-electron chi connectivity index (χ1n) is 9.34. The van der Waals surface area contributed by atoms with Gasteiger partial charge in [-0.3, -0.25) is 4.68 Å². The van der Waals surface area contributed by atoms with Crippen molar-refractivity contribution >= 4 is 23.5 Å². The van der Waals surface area contributed by atoms with Gasteiger partial charge in [0.2, 0.25) is 0 Å². The molecule has 1 saturated heterocycles. The Labute approximate surface area is 164 Å². The van der Waals surface area contributed by atoms with E-state index in [9.17, 15) is 0 Å². The van der Waals surface area contributed by atoms with Gasteiger partial charge in [-0.15, -0.1) is 5.10 Å². The van der Waals surface area contributed by atoms with Crippen LogP contribution in [-0.4, -0.2) is 60.2 Å². The zero-order chi connectivity index (χ0) is 19.7. The van der Waals surface area contributed by atoms with Crippen LogP contribution >= 0.6 is 0 Å². The maximum absolute atomic E-state index is 5.98. The van der Waals surface area contributed by atoms with E-state index in [-0.39, 0.29) is 12.5 Å².